The molecule has 0 spiro atoms. The van der Waals surface area contributed by atoms with E-state index in [0.29, 0.717) is 6.54 Å². The van der Waals surface area contributed by atoms with Crippen LogP contribution in [0.1, 0.15) is 31.4 Å². The van der Waals surface area contributed by atoms with E-state index in [4.69, 9.17) is 10.2 Å². The fourth-order valence-electron chi connectivity index (χ4n) is 2.08. The molecule has 3 heteroatoms. The topological polar surface area (TPSA) is 52.0 Å². The van der Waals surface area contributed by atoms with Crippen LogP contribution >= 0.6 is 0 Å². The molecule has 0 aliphatic heterocycles. The van der Waals surface area contributed by atoms with Crippen LogP contribution in [0.3, 0.4) is 0 Å². The molecule has 1 aromatic rings. The largest absolute Gasteiger partial charge is 0.448 e. The smallest absolute Gasteiger partial charge is 0.180 e. The molecular formula is C9H14N2O. The SMILES string of the molecule is NCC1(c2cnco2)CCCC1. The van der Waals surface area contributed by atoms with Crippen LogP contribution in [0, 0.1) is 0 Å². The van der Waals surface area contributed by atoms with Crippen molar-refractivity contribution in [2.45, 2.75) is 31.1 Å². The van der Waals surface area contributed by atoms with Crippen LogP contribution in [-0.4, -0.2) is 11.5 Å². The minimum absolute atomic E-state index is 0.108. The summed E-state index contributed by atoms with van der Waals surface area (Å²) in [4.78, 5) is 3.94. The van der Waals surface area contributed by atoms with Crippen molar-refractivity contribution in [1.82, 2.24) is 4.98 Å². The summed E-state index contributed by atoms with van der Waals surface area (Å²) in [6.07, 6.45) is 8.12. The van der Waals surface area contributed by atoms with Crippen LogP contribution in [0.25, 0.3) is 0 Å². The first-order chi connectivity index (χ1) is 5.87. The van der Waals surface area contributed by atoms with Crippen LogP contribution in [0.5, 0.6) is 0 Å². The number of hydrogen-bond acceptors (Lipinski definition) is 3. The van der Waals surface area contributed by atoms with Gasteiger partial charge in [-0.1, -0.05) is 12.8 Å². The molecule has 1 saturated carbocycles. The molecule has 0 bridgehead atoms. The van der Waals surface area contributed by atoms with Crippen LogP contribution in [0.2, 0.25) is 0 Å². The second kappa shape index (κ2) is 2.90. The summed E-state index contributed by atoms with van der Waals surface area (Å²) in [5.41, 5.74) is 5.88. The summed E-state index contributed by atoms with van der Waals surface area (Å²) in [5, 5.41) is 0. The molecule has 1 heterocycles. The predicted molar refractivity (Wildman–Crippen MR) is 45.7 cm³/mol. The van der Waals surface area contributed by atoms with Gasteiger partial charge in [0.05, 0.1) is 6.20 Å². The molecule has 2 rings (SSSR count). The van der Waals surface area contributed by atoms with Gasteiger partial charge in [0.1, 0.15) is 5.76 Å². The zero-order valence-electron chi connectivity index (χ0n) is 7.12. The summed E-state index contributed by atoms with van der Waals surface area (Å²) in [5.74, 6) is 0.975. The number of hydrogen-bond donors (Lipinski definition) is 1. The van der Waals surface area contributed by atoms with Crippen molar-refractivity contribution < 1.29 is 4.42 Å². The second-order valence-electron chi connectivity index (χ2n) is 3.56. The van der Waals surface area contributed by atoms with Crippen molar-refractivity contribution in [3.05, 3.63) is 18.4 Å². The Bertz CT molecular complexity index is 237. The van der Waals surface area contributed by atoms with Crippen LogP contribution in [-0.2, 0) is 5.41 Å². The Labute approximate surface area is 72.0 Å². The van der Waals surface area contributed by atoms with Gasteiger partial charge >= 0.3 is 0 Å². The lowest BCUT2D eigenvalue weighted by atomic mass is 9.84. The van der Waals surface area contributed by atoms with Gasteiger partial charge in [-0.3, -0.25) is 0 Å². The number of rotatable bonds is 2. The third-order valence-electron chi connectivity index (χ3n) is 2.91. The van der Waals surface area contributed by atoms with Crippen molar-refractivity contribution >= 4 is 0 Å². The molecule has 12 heavy (non-hydrogen) atoms. The molecule has 0 amide bonds. The lowest BCUT2D eigenvalue weighted by Crippen LogP contribution is -2.31. The molecule has 1 fully saturated rings. The summed E-state index contributed by atoms with van der Waals surface area (Å²) in [7, 11) is 0. The first-order valence-corrected chi connectivity index (χ1v) is 4.46. The quantitative estimate of drug-likeness (QED) is 0.723. The summed E-state index contributed by atoms with van der Waals surface area (Å²) in [6, 6.07) is 0. The van der Waals surface area contributed by atoms with E-state index >= 15 is 0 Å². The highest BCUT2D eigenvalue weighted by molar-refractivity contribution is 5.13. The molecule has 0 saturated heterocycles. The average molecular weight is 166 g/mol. The van der Waals surface area contributed by atoms with Crippen molar-refractivity contribution in [3.63, 3.8) is 0 Å². The van der Waals surface area contributed by atoms with Gasteiger partial charge in [0.15, 0.2) is 6.39 Å². The van der Waals surface area contributed by atoms with Gasteiger partial charge in [0, 0.05) is 12.0 Å². The summed E-state index contributed by atoms with van der Waals surface area (Å²) >= 11 is 0. The van der Waals surface area contributed by atoms with Crippen LogP contribution < -0.4 is 5.73 Å². The third kappa shape index (κ3) is 1.05. The van der Waals surface area contributed by atoms with E-state index in [1.165, 1.54) is 19.2 Å². The highest BCUT2D eigenvalue weighted by atomic mass is 16.3. The number of oxazole rings is 1. The van der Waals surface area contributed by atoms with Crippen molar-refractivity contribution in [1.29, 1.82) is 0 Å². The van der Waals surface area contributed by atoms with E-state index in [0.717, 1.165) is 18.6 Å². The van der Waals surface area contributed by atoms with E-state index in [1.54, 1.807) is 6.20 Å². The minimum Gasteiger partial charge on any atom is -0.448 e. The number of nitrogens with zero attached hydrogens (tertiary/aromatic N) is 1. The normalized spacial score (nSPS) is 21.4. The Morgan fingerprint density at radius 3 is 2.75 bits per heavy atom. The monoisotopic (exact) mass is 166 g/mol. The zero-order chi connectivity index (χ0) is 8.44. The van der Waals surface area contributed by atoms with Crippen molar-refractivity contribution in [3.8, 4) is 0 Å². The molecule has 0 aromatic carbocycles. The minimum atomic E-state index is 0.108. The fourth-order valence-corrected chi connectivity index (χ4v) is 2.08. The molecule has 1 aliphatic carbocycles. The summed E-state index contributed by atoms with van der Waals surface area (Å²) < 4.78 is 5.32. The molecule has 1 aromatic heterocycles. The lowest BCUT2D eigenvalue weighted by molar-refractivity contribution is 0.346. The van der Waals surface area contributed by atoms with E-state index in [9.17, 15) is 0 Å². The van der Waals surface area contributed by atoms with Gasteiger partial charge < -0.3 is 10.2 Å². The fraction of sp³-hybridized carbons (Fsp3) is 0.667. The Balaban J connectivity index is 2.28. The maximum Gasteiger partial charge on any atom is 0.180 e. The summed E-state index contributed by atoms with van der Waals surface area (Å²) in [6.45, 7) is 0.683. The van der Waals surface area contributed by atoms with Gasteiger partial charge in [0.25, 0.3) is 0 Å². The van der Waals surface area contributed by atoms with Crippen LogP contribution in [0.4, 0.5) is 0 Å². The predicted octanol–water partition coefficient (Wildman–Crippen LogP) is 1.45. The molecule has 2 N–H and O–H groups in total. The van der Waals surface area contributed by atoms with E-state index < -0.39 is 0 Å². The maximum absolute atomic E-state index is 5.77. The van der Waals surface area contributed by atoms with Crippen molar-refractivity contribution in [2.75, 3.05) is 6.54 Å². The van der Waals surface area contributed by atoms with Gasteiger partial charge in [0.2, 0.25) is 0 Å². The molecule has 3 nitrogen and oxygen atoms in total. The second-order valence-corrected chi connectivity index (χ2v) is 3.56. The molecular weight excluding hydrogens is 152 g/mol. The van der Waals surface area contributed by atoms with Gasteiger partial charge in [-0.25, -0.2) is 4.98 Å². The van der Waals surface area contributed by atoms with E-state index in [2.05, 4.69) is 4.98 Å². The van der Waals surface area contributed by atoms with Gasteiger partial charge in [-0.2, -0.15) is 0 Å². The number of aromatic nitrogens is 1. The highest BCUT2D eigenvalue weighted by Gasteiger charge is 2.36. The van der Waals surface area contributed by atoms with E-state index in [1.807, 2.05) is 0 Å². The number of nitrogens with two attached hydrogens (primary N) is 1. The van der Waals surface area contributed by atoms with Gasteiger partial charge in [-0.15, -0.1) is 0 Å². The average Bonchev–Trinajstić information content (AvgIpc) is 2.76. The molecule has 0 radical (unpaired) electrons. The lowest BCUT2D eigenvalue weighted by Gasteiger charge is -2.23. The molecule has 0 unspecified atom stereocenters. The standard InChI is InChI=1S/C9H14N2O/c10-6-9(3-1-2-4-9)8-5-11-7-12-8/h5,7H,1-4,6,10H2. The molecule has 0 atom stereocenters. The Kier molecular flexibility index (Phi) is 1.89. The Morgan fingerprint density at radius 2 is 2.25 bits per heavy atom. The van der Waals surface area contributed by atoms with Crippen molar-refractivity contribution in [2.24, 2.45) is 5.73 Å². The third-order valence-corrected chi connectivity index (χ3v) is 2.91. The zero-order valence-corrected chi connectivity index (χ0v) is 7.12. The highest BCUT2D eigenvalue weighted by Crippen LogP contribution is 2.39. The Morgan fingerprint density at radius 1 is 1.50 bits per heavy atom. The molecule has 1 aliphatic rings. The molecule has 66 valence electrons. The maximum atomic E-state index is 5.77. The first-order valence-electron chi connectivity index (χ1n) is 4.46. The Hall–Kier alpha value is -0.830. The first kappa shape index (κ1) is 7.80. The van der Waals surface area contributed by atoms with Gasteiger partial charge in [-0.05, 0) is 12.8 Å². The van der Waals surface area contributed by atoms with Crippen LogP contribution in [0.15, 0.2) is 17.0 Å². The van der Waals surface area contributed by atoms with E-state index in [-0.39, 0.29) is 5.41 Å².